The van der Waals surface area contributed by atoms with E-state index >= 15 is 0 Å². The maximum Gasteiger partial charge on any atom is 0.176 e. The highest BCUT2D eigenvalue weighted by molar-refractivity contribution is 7.80. The molecule has 0 saturated heterocycles. The molecule has 17 heavy (non-hydrogen) atoms. The fraction of sp³-hybridized carbons (Fsp3) is 0.0833. The Kier molecular flexibility index (Phi) is 3.31. The minimum atomic E-state index is 0.330. The van der Waals surface area contributed by atoms with Gasteiger partial charge in [-0.3, -0.25) is 4.90 Å². The van der Waals surface area contributed by atoms with Gasteiger partial charge in [-0.05, 0) is 60.4 Å². The molecule has 1 aromatic carbocycles. The highest BCUT2D eigenvalue weighted by Gasteiger charge is 2.13. The van der Waals surface area contributed by atoms with Gasteiger partial charge in [0.05, 0.1) is 0 Å². The first kappa shape index (κ1) is 11.9. The molecule has 0 unspecified atom stereocenters. The van der Waals surface area contributed by atoms with Crippen LogP contribution in [-0.2, 0) is 0 Å². The first-order chi connectivity index (χ1) is 8.08. The van der Waals surface area contributed by atoms with E-state index < -0.39 is 0 Å². The normalized spacial score (nSPS) is 10.2. The van der Waals surface area contributed by atoms with Gasteiger partial charge in [0.2, 0.25) is 0 Å². The molecule has 0 aliphatic carbocycles. The minimum absolute atomic E-state index is 0.330. The summed E-state index contributed by atoms with van der Waals surface area (Å²) >= 11 is 6.71. The molecule has 0 aliphatic heterocycles. The molecule has 0 fully saturated rings. The zero-order chi connectivity index (χ0) is 12.4. The third-order valence-electron chi connectivity index (χ3n) is 2.31. The second-order valence-corrected chi connectivity index (χ2v) is 5.04. The van der Waals surface area contributed by atoms with Crippen molar-refractivity contribution >= 4 is 45.0 Å². The van der Waals surface area contributed by atoms with Crippen LogP contribution in [-0.4, -0.2) is 5.11 Å². The van der Waals surface area contributed by atoms with Gasteiger partial charge in [0.15, 0.2) is 5.11 Å². The molecule has 0 spiro atoms. The van der Waals surface area contributed by atoms with E-state index in [1.165, 1.54) is 5.56 Å². The average molecular weight is 263 g/mol. The lowest BCUT2D eigenvalue weighted by Crippen LogP contribution is -2.30. The van der Waals surface area contributed by atoms with Crippen molar-refractivity contribution in [3.05, 3.63) is 41.3 Å². The molecule has 0 amide bonds. The lowest BCUT2D eigenvalue weighted by Gasteiger charge is -2.21. The summed E-state index contributed by atoms with van der Waals surface area (Å²) in [5, 5.41) is 3.41. The molecular weight excluding hydrogens is 250 g/mol. The van der Waals surface area contributed by atoms with Crippen LogP contribution < -0.4 is 16.4 Å². The van der Waals surface area contributed by atoms with E-state index in [9.17, 15) is 0 Å². The smallest absolute Gasteiger partial charge is 0.176 e. The fourth-order valence-electron chi connectivity index (χ4n) is 1.52. The van der Waals surface area contributed by atoms with Crippen LogP contribution in [0.3, 0.4) is 0 Å². The lowest BCUT2D eigenvalue weighted by atomic mass is 10.2. The number of hydrogen-bond acceptors (Lipinski definition) is 3. The Hall–Kier alpha value is -1.59. The van der Waals surface area contributed by atoms with Crippen molar-refractivity contribution in [2.24, 2.45) is 5.73 Å². The maximum atomic E-state index is 5.78. The summed E-state index contributed by atoms with van der Waals surface area (Å²) < 4.78 is 0. The Morgan fingerprint density at radius 2 is 1.94 bits per heavy atom. The van der Waals surface area contributed by atoms with Gasteiger partial charge < -0.3 is 11.5 Å². The van der Waals surface area contributed by atoms with E-state index in [0.29, 0.717) is 5.11 Å². The van der Waals surface area contributed by atoms with Gasteiger partial charge in [-0.2, -0.15) is 0 Å². The highest BCUT2D eigenvalue weighted by Crippen LogP contribution is 2.31. The molecule has 1 heterocycles. The number of nitrogens with two attached hydrogens (primary N) is 2. The van der Waals surface area contributed by atoms with Crippen LogP contribution in [0.15, 0.2) is 35.7 Å². The monoisotopic (exact) mass is 263 g/mol. The summed E-state index contributed by atoms with van der Waals surface area (Å²) in [6.45, 7) is 2.04. The summed E-state index contributed by atoms with van der Waals surface area (Å²) in [7, 11) is 0. The van der Waals surface area contributed by atoms with Gasteiger partial charge >= 0.3 is 0 Å². The molecule has 88 valence electrons. The predicted octanol–water partition coefficient (Wildman–Crippen LogP) is 3.02. The topological polar surface area (TPSA) is 55.3 Å². The third kappa shape index (κ3) is 2.57. The highest BCUT2D eigenvalue weighted by atomic mass is 32.1. The molecule has 2 rings (SSSR count). The van der Waals surface area contributed by atoms with Crippen LogP contribution in [0.1, 0.15) is 5.56 Å². The first-order valence-corrected chi connectivity index (χ1v) is 6.37. The predicted molar refractivity (Wildman–Crippen MR) is 78.8 cm³/mol. The Morgan fingerprint density at radius 1 is 1.29 bits per heavy atom. The summed E-state index contributed by atoms with van der Waals surface area (Å²) in [5.41, 5.74) is 14.3. The van der Waals surface area contributed by atoms with Crippen LogP contribution in [0.25, 0.3) is 0 Å². The average Bonchev–Trinajstić information content (AvgIpc) is 2.68. The number of anilines is 3. The largest absolute Gasteiger partial charge is 0.399 e. The Bertz CT molecular complexity index is 531. The summed E-state index contributed by atoms with van der Waals surface area (Å²) in [5.74, 6) is 0. The van der Waals surface area contributed by atoms with Gasteiger partial charge in [0.25, 0.3) is 0 Å². The number of rotatable bonds is 2. The Morgan fingerprint density at radius 3 is 2.41 bits per heavy atom. The molecule has 1 aromatic heterocycles. The standard InChI is InChI=1S/C12H13N3S2/c1-8-6-11(17-7-8)15(12(14)16)10-4-2-9(13)3-5-10/h2-7H,13H2,1H3,(H2,14,16). The van der Waals surface area contributed by atoms with Crippen molar-refractivity contribution in [3.8, 4) is 0 Å². The number of hydrogen-bond donors (Lipinski definition) is 2. The number of thiocarbonyl (C=S) groups is 1. The van der Waals surface area contributed by atoms with Crippen LogP contribution in [0.2, 0.25) is 0 Å². The van der Waals surface area contributed by atoms with E-state index in [1.54, 1.807) is 11.3 Å². The van der Waals surface area contributed by atoms with Crippen molar-refractivity contribution in [1.82, 2.24) is 0 Å². The zero-order valence-electron chi connectivity index (χ0n) is 9.38. The zero-order valence-corrected chi connectivity index (χ0v) is 11.0. The van der Waals surface area contributed by atoms with Gasteiger partial charge in [-0.1, -0.05) is 0 Å². The second-order valence-electron chi connectivity index (χ2n) is 3.73. The molecular formula is C12H13N3S2. The summed E-state index contributed by atoms with van der Waals surface area (Å²) in [6.07, 6.45) is 0. The Balaban J connectivity index is 2.42. The second kappa shape index (κ2) is 4.73. The van der Waals surface area contributed by atoms with Gasteiger partial charge in [0, 0.05) is 11.4 Å². The quantitative estimate of drug-likeness (QED) is 0.646. The summed E-state index contributed by atoms with van der Waals surface area (Å²) in [4.78, 5) is 1.84. The molecule has 0 bridgehead atoms. The molecule has 0 atom stereocenters. The van der Waals surface area contributed by atoms with E-state index in [0.717, 1.165) is 16.4 Å². The van der Waals surface area contributed by atoms with Crippen molar-refractivity contribution in [3.63, 3.8) is 0 Å². The van der Waals surface area contributed by atoms with E-state index in [-0.39, 0.29) is 0 Å². The van der Waals surface area contributed by atoms with Crippen molar-refractivity contribution < 1.29 is 0 Å². The third-order valence-corrected chi connectivity index (χ3v) is 3.52. The van der Waals surface area contributed by atoms with Crippen LogP contribution >= 0.6 is 23.6 Å². The SMILES string of the molecule is Cc1csc(N(C(N)=S)c2ccc(N)cc2)c1. The number of benzene rings is 1. The van der Waals surface area contributed by atoms with Gasteiger partial charge in [0.1, 0.15) is 5.00 Å². The number of nitrogens with zero attached hydrogens (tertiary/aromatic N) is 1. The van der Waals surface area contributed by atoms with Crippen molar-refractivity contribution in [1.29, 1.82) is 0 Å². The minimum Gasteiger partial charge on any atom is -0.399 e. The van der Waals surface area contributed by atoms with Crippen LogP contribution in [0.5, 0.6) is 0 Å². The van der Waals surface area contributed by atoms with Crippen LogP contribution in [0, 0.1) is 6.92 Å². The van der Waals surface area contributed by atoms with Crippen molar-refractivity contribution in [2.75, 3.05) is 10.6 Å². The van der Waals surface area contributed by atoms with Crippen molar-refractivity contribution in [2.45, 2.75) is 6.92 Å². The first-order valence-electron chi connectivity index (χ1n) is 5.08. The molecule has 5 heteroatoms. The molecule has 0 aliphatic rings. The van der Waals surface area contributed by atoms with Crippen LogP contribution in [0.4, 0.5) is 16.4 Å². The number of aryl methyl sites for hydroxylation is 1. The molecule has 0 radical (unpaired) electrons. The molecule has 2 aromatic rings. The molecule has 0 saturated carbocycles. The number of thiophene rings is 1. The molecule has 3 nitrogen and oxygen atoms in total. The number of nitrogen functional groups attached to an aromatic ring is 1. The van der Waals surface area contributed by atoms with Gasteiger partial charge in [-0.15, -0.1) is 11.3 Å². The van der Waals surface area contributed by atoms with E-state index in [4.69, 9.17) is 23.7 Å². The molecule has 4 N–H and O–H groups in total. The Labute approximate surface area is 110 Å². The van der Waals surface area contributed by atoms with E-state index in [2.05, 4.69) is 11.4 Å². The summed E-state index contributed by atoms with van der Waals surface area (Å²) in [6, 6.07) is 9.54. The van der Waals surface area contributed by atoms with Gasteiger partial charge in [-0.25, -0.2) is 0 Å². The maximum absolute atomic E-state index is 5.78. The van der Waals surface area contributed by atoms with E-state index in [1.807, 2.05) is 36.1 Å². The fourth-order valence-corrected chi connectivity index (χ4v) is 2.72. The lowest BCUT2D eigenvalue weighted by molar-refractivity contribution is 1.37.